The summed E-state index contributed by atoms with van der Waals surface area (Å²) in [7, 11) is 0. The van der Waals surface area contributed by atoms with Gasteiger partial charge in [-0.15, -0.1) is 0 Å². The molecule has 120 valence electrons. The average Bonchev–Trinajstić information content (AvgIpc) is 3.25. The number of carbonyl (C=O) groups excluding carboxylic acids is 1. The van der Waals surface area contributed by atoms with Gasteiger partial charge in [0.2, 0.25) is 11.9 Å². The lowest BCUT2D eigenvalue weighted by Crippen LogP contribution is -2.43. The number of fused-ring (bicyclic) bond motifs is 2. The van der Waals surface area contributed by atoms with E-state index in [2.05, 4.69) is 22.4 Å². The number of rotatable bonds is 4. The van der Waals surface area contributed by atoms with Crippen LogP contribution < -0.4 is 11.1 Å². The molecular formula is C18H22N4O. The van der Waals surface area contributed by atoms with Crippen molar-refractivity contribution in [3.8, 4) is 0 Å². The molecule has 2 bridgehead atoms. The fraction of sp³-hybridized carbons (Fsp3) is 0.444. The van der Waals surface area contributed by atoms with E-state index in [1.54, 1.807) is 6.20 Å². The van der Waals surface area contributed by atoms with E-state index >= 15 is 0 Å². The standard InChI is InChI=1S/C18H22N4O/c19-16-14-7-6-13(10-14)15(16)17(23)21-18-20-8-9-22(18)11-12-4-2-1-3-5-12/h1-5,8-9,13-16H,6-7,10-11,19H2,(H,20,21,23). The number of nitrogens with two attached hydrogens (primary N) is 1. The first-order valence-electron chi connectivity index (χ1n) is 8.34. The molecule has 4 atom stereocenters. The highest BCUT2D eigenvalue weighted by molar-refractivity contribution is 5.92. The number of nitrogens with one attached hydrogen (secondary N) is 1. The molecule has 0 spiro atoms. The maximum atomic E-state index is 12.7. The maximum absolute atomic E-state index is 12.7. The molecule has 1 heterocycles. The molecule has 2 aromatic rings. The lowest BCUT2D eigenvalue weighted by molar-refractivity contribution is -0.121. The number of imidazole rings is 1. The van der Waals surface area contributed by atoms with Gasteiger partial charge < -0.3 is 10.3 Å². The number of anilines is 1. The fourth-order valence-corrected chi connectivity index (χ4v) is 4.26. The topological polar surface area (TPSA) is 72.9 Å². The molecule has 1 aromatic heterocycles. The van der Waals surface area contributed by atoms with Crippen LogP contribution in [0.2, 0.25) is 0 Å². The summed E-state index contributed by atoms with van der Waals surface area (Å²) >= 11 is 0. The van der Waals surface area contributed by atoms with Gasteiger partial charge >= 0.3 is 0 Å². The van der Waals surface area contributed by atoms with E-state index < -0.39 is 0 Å². The first-order chi connectivity index (χ1) is 11.2. The molecule has 4 unspecified atom stereocenters. The number of hydrogen-bond donors (Lipinski definition) is 2. The van der Waals surface area contributed by atoms with Crippen LogP contribution in [-0.4, -0.2) is 21.5 Å². The molecule has 3 N–H and O–H groups in total. The normalized spacial score (nSPS) is 28.9. The van der Waals surface area contributed by atoms with E-state index in [4.69, 9.17) is 5.73 Å². The van der Waals surface area contributed by atoms with Gasteiger partial charge in [-0.1, -0.05) is 30.3 Å². The lowest BCUT2D eigenvalue weighted by Gasteiger charge is -2.26. The van der Waals surface area contributed by atoms with Crippen LogP contribution in [0.25, 0.3) is 0 Å². The van der Waals surface area contributed by atoms with Crippen LogP contribution in [-0.2, 0) is 11.3 Å². The molecule has 4 rings (SSSR count). The zero-order valence-corrected chi connectivity index (χ0v) is 13.1. The number of nitrogens with zero attached hydrogens (tertiary/aromatic N) is 2. The second kappa shape index (κ2) is 5.81. The summed E-state index contributed by atoms with van der Waals surface area (Å²) in [6, 6.07) is 10.2. The summed E-state index contributed by atoms with van der Waals surface area (Å²) in [5.74, 6) is 1.56. The Morgan fingerprint density at radius 3 is 2.78 bits per heavy atom. The second-order valence-corrected chi connectivity index (χ2v) is 6.79. The average molecular weight is 310 g/mol. The Balaban J connectivity index is 1.47. The van der Waals surface area contributed by atoms with Gasteiger partial charge in [0.25, 0.3) is 0 Å². The molecule has 23 heavy (non-hydrogen) atoms. The van der Waals surface area contributed by atoms with Gasteiger partial charge in [-0.3, -0.25) is 10.1 Å². The number of aromatic nitrogens is 2. The summed E-state index contributed by atoms with van der Waals surface area (Å²) in [6.07, 6.45) is 7.04. The van der Waals surface area contributed by atoms with E-state index in [-0.39, 0.29) is 17.9 Å². The van der Waals surface area contributed by atoms with Crippen molar-refractivity contribution in [3.63, 3.8) is 0 Å². The van der Waals surface area contributed by atoms with Crippen molar-refractivity contribution >= 4 is 11.9 Å². The summed E-state index contributed by atoms with van der Waals surface area (Å²) in [6.45, 7) is 0.694. The molecule has 1 amide bonds. The van der Waals surface area contributed by atoms with Crippen LogP contribution in [0, 0.1) is 17.8 Å². The van der Waals surface area contributed by atoms with Gasteiger partial charge in [-0.05, 0) is 36.7 Å². The maximum Gasteiger partial charge on any atom is 0.231 e. The van der Waals surface area contributed by atoms with Crippen molar-refractivity contribution in [1.29, 1.82) is 0 Å². The smallest absolute Gasteiger partial charge is 0.231 e. The highest BCUT2D eigenvalue weighted by atomic mass is 16.2. The third-order valence-electron chi connectivity index (χ3n) is 5.43. The summed E-state index contributed by atoms with van der Waals surface area (Å²) in [5.41, 5.74) is 7.45. The van der Waals surface area contributed by atoms with E-state index in [0.717, 1.165) is 12.8 Å². The molecule has 2 aliphatic rings. The highest BCUT2D eigenvalue weighted by Crippen LogP contribution is 2.47. The first-order valence-corrected chi connectivity index (χ1v) is 8.34. The third kappa shape index (κ3) is 2.65. The molecule has 1 aromatic carbocycles. The molecule has 2 saturated carbocycles. The van der Waals surface area contributed by atoms with Gasteiger partial charge in [0.15, 0.2) is 0 Å². The van der Waals surface area contributed by atoms with Gasteiger partial charge in [-0.2, -0.15) is 0 Å². The summed E-state index contributed by atoms with van der Waals surface area (Å²) < 4.78 is 1.96. The molecule has 0 saturated heterocycles. The molecule has 0 radical (unpaired) electrons. The third-order valence-corrected chi connectivity index (χ3v) is 5.43. The minimum Gasteiger partial charge on any atom is -0.327 e. The minimum atomic E-state index is -0.0596. The van der Waals surface area contributed by atoms with E-state index in [0.29, 0.717) is 24.3 Å². The number of hydrogen-bond acceptors (Lipinski definition) is 3. The Hall–Kier alpha value is -2.14. The molecular weight excluding hydrogens is 288 g/mol. The number of benzene rings is 1. The van der Waals surface area contributed by atoms with Crippen LogP contribution in [0.3, 0.4) is 0 Å². The van der Waals surface area contributed by atoms with Crippen molar-refractivity contribution in [2.75, 3.05) is 5.32 Å². The predicted octanol–water partition coefficient (Wildman–Crippen LogP) is 2.24. The van der Waals surface area contributed by atoms with Crippen LogP contribution in [0.1, 0.15) is 24.8 Å². The minimum absolute atomic E-state index is 0.00582. The summed E-state index contributed by atoms with van der Waals surface area (Å²) in [5, 5.41) is 3.00. The van der Waals surface area contributed by atoms with Crippen LogP contribution >= 0.6 is 0 Å². The molecule has 2 aliphatic carbocycles. The van der Waals surface area contributed by atoms with Gasteiger partial charge in [-0.25, -0.2) is 4.98 Å². The van der Waals surface area contributed by atoms with Crippen molar-refractivity contribution in [2.24, 2.45) is 23.5 Å². The van der Waals surface area contributed by atoms with Crippen molar-refractivity contribution in [1.82, 2.24) is 9.55 Å². The highest BCUT2D eigenvalue weighted by Gasteiger charge is 2.49. The monoisotopic (exact) mass is 310 g/mol. The SMILES string of the molecule is NC1C2CCC(C2)C1C(=O)Nc1nccn1Cc1ccccc1. The van der Waals surface area contributed by atoms with Crippen molar-refractivity contribution in [3.05, 3.63) is 48.3 Å². The Bertz CT molecular complexity index is 694. The fourth-order valence-electron chi connectivity index (χ4n) is 4.26. The van der Waals surface area contributed by atoms with Crippen LogP contribution in [0.5, 0.6) is 0 Å². The van der Waals surface area contributed by atoms with E-state index in [1.807, 2.05) is 29.0 Å². The first kappa shape index (κ1) is 14.5. The largest absolute Gasteiger partial charge is 0.327 e. The molecule has 2 fully saturated rings. The lowest BCUT2D eigenvalue weighted by atomic mass is 9.84. The Labute approximate surface area is 135 Å². The second-order valence-electron chi connectivity index (χ2n) is 6.79. The van der Waals surface area contributed by atoms with Crippen molar-refractivity contribution < 1.29 is 4.79 Å². The van der Waals surface area contributed by atoms with Gasteiger partial charge in [0.1, 0.15) is 0 Å². The molecule has 5 nitrogen and oxygen atoms in total. The van der Waals surface area contributed by atoms with E-state index in [9.17, 15) is 4.79 Å². The van der Waals surface area contributed by atoms with Crippen molar-refractivity contribution in [2.45, 2.75) is 31.8 Å². The molecule has 0 aliphatic heterocycles. The Kier molecular flexibility index (Phi) is 3.65. The van der Waals surface area contributed by atoms with Gasteiger partial charge in [0, 0.05) is 18.4 Å². The van der Waals surface area contributed by atoms with Crippen LogP contribution in [0.4, 0.5) is 5.95 Å². The van der Waals surface area contributed by atoms with E-state index in [1.165, 1.54) is 12.0 Å². The molecule has 5 heteroatoms. The zero-order chi connectivity index (χ0) is 15.8. The summed E-state index contributed by atoms with van der Waals surface area (Å²) in [4.78, 5) is 17.0. The number of amides is 1. The van der Waals surface area contributed by atoms with Crippen LogP contribution in [0.15, 0.2) is 42.7 Å². The predicted molar refractivity (Wildman–Crippen MR) is 88.7 cm³/mol. The zero-order valence-electron chi connectivity index (χ0n) is 13.1. The number of carbonyl (C=O) groups is 1. The Morgan fingerprint density at radius 1 is 1.26 bits per heavy atom. The quantitative estimate of drug-likeness (QED) is 0.909. The van der Waals surface area contributed by atoms with Gasteiger partial charge in [0.05, 0.1) is 12.5 Å². The Morgan fingerprint density at radius 2 is 2.04 bits per heavy atom.